The predicted molar refractivity (Wildman–Crippen MR) is 105 cm³/mol. The van der Waals surface area contributed by atoms with Crippen molar-refractivity contribution in [2.24, 2.45) is 0 Å². The first kappa shape index (κ1) is 20.3. The highest BCUT2D eigenvalue weighted by Gasteiger charge is 2.25. The fourth-order valence-corrected chi connectivity index (χ4v) is 2.73. The van der Waals surface area contributed by atoms with Crippen LogP contribution in [0.5, 0.6) is 5.75 Å². The van der Waals surface area contributed by atoms with Gasteiger partial charge in [-0.15, -0.1) is 0 Å². The fourth-order valence-electron chi connectivity index (χ4n) is 2.34. The summed E-state index contributed by atoms with van der Waals surface area (Å²) in [4.78, 5) is 26.2. The van der Waals surface area contributed by atoms with Gasteiger partial charge >= 0.3 is 0 Å². The lowest BCUT2D eigenvalue weighted by molar-refractivity contribution is -0.142. The Morgan fingerprint density at radius 1 is 1.15 bits per heavy atom. The highest BCUT2D eigenvalue weighted by Crippen LogP contribution is 2.17. The number of halogens is 2. The summed E-state index contributed by atoms with van der Waals surface area (Å²) in [6.07, 6.45) is 0. The van der Waals surface area contributed by atoms with Crippen LogP contribution in [-0.2, 0) is 16.1 Å². The topological polar surface area (TPSA) is 58.6 Å². The summed E-state index contributed by atoms with van der Waals surface area (Å²) in [5.41, 5.74) is 0.920. The molecule has 0 heterocycles. The lowest BCUT2D eigenvalue weighted by atomic mass is 10.1. The van der Waals surface area contributed by atoms with E-state index in [9.17, 15) is 9.59 Å². The molecule has 0 fully saturated rings. The van der Waals surface area contributed by atoms with E-state index in [1.54, 1.807) is 38.2 Å². The van der Waals surface area contributed by atoms with Crippen LogP contribution in [0.15, 0.2) is 53.0 Å². The Kier molecular flexibility index (Phi) is 7.48. The van der Waals surface area contributed by atoms with E-state index in [4.69, 9.17) is 16.3 Å². The summed E-state index contributed by atoms with van der Waals surface area (Å²) in [5.74, 6) is 0.0276. The normalized spacial score (nSPS) is 11.5. The first-order chi connectivity index (χ1) is 12.4. The largest absolute Gasteiger partial charge is 0.484 e. The van der Waals surface area contributed by atoms with Gasteiger partial charge in [0.05, 0.1) is 0 Å². The molecule has 0 aliphatic carbocycles. The average Bonchev–Trinajstić information content (AvgIpc) is 2.65. The number of carbonyl (C=O) groups is 2. The highest BCUT2D eigenvalue weighted by molar-refractivity contribution is 9.10. The molecule has 0 aliphatic rings. The second kappa shape index (κ2) is 9.59. The van der Waals surface area contributed by atoms with Gasteiger partial charge in [0.15, 0.2) is 6.61 Å². The minimum Gasteiger partial charge on any atom is -0.484 e. The van der Waals surface area contributed by atoms with Gasteiger partial charge in [0.25, 0.3) is 5.91 Å². The number of nitrogens with one attached hydrogen (secondary N) is 1. The number of ether oxygens (including phenoxy) is 1. The Labute approximate surface area is 166 Å². The van der Waals surface area contributed by atoms with Crippen LogP contribution in [0.1, 0.15) is 12.5 Å². The van der Waals surface area contributed by atoms with E-state index in [0.717, 1.165) is 10.0 Å². The summed E-state index contributed by atoms with van der Waals surface area (Å²) in [5, 5.41) is 3.17. The third kappa shape index (κ3) is 5.75. The molecular formula is C19H20BrClN2O3. The molecule has 2 aromatic carbocycles. The van der Waals surface area contributed by atoms with Crippen molar-refractivity contribution < 1.29 is 14.3 Å². The van der Waals surface area contributed by atoms with Gasteiger partial charge in [0.1, 0.15) is 11.8 Å². The van der Waals surface area contributed by atoms with Gasteiger partial charge in [-0.25, -0.2) is 0 Å². The van der Waals surface area contributed by atoms with Crippen LogP contribution in [0.25, 0.3) is 0 Å². The van der Waals surface area contributed by atoms with Crippen LogP contribution in [0.4, 0.5) is 0 Å². The first-order valence-electron chi connectivity index (χ1n) is 8.04. The minimum atomic E-state index is -0.620. The average molecular weight is 440 g/mol. The van der Waals surface area contributed by atoms with E-state index < -0.39 is 6.04 Å². The zero-order valence-corrected chi connectivity index (χ0v) is 16.9. The Balaban J connectivity index is 2.10. The van der Waals surface area contributed by atoms with Crippen LogP contribution in [0, 0.1) is 0 Å². The van der Waals surface area contributed by atoms with E-state index in [1.165, 1.54) is 4.90 Å². The third-order valence-corrected chi connectivity index (χ3v) is 4.64. The summed E-state index contributed by atoms with van der Waals surface area (Å²) in [6, 6.07) is 13.7. The van der Waals surface area contributed by atoms with Crippen molar-refractivity contribution in [3.63, 3.8) is 0 Å². The first-order valence-corrected chi connectivity index (χ1v) is 9.21. The maximum atomic E-state index is 12.7. The molecule has 7 heteroatoms. The maximum absolute atomic E-state index is 12.7. The van der Waals surface area contributed by atoms with Gasteiger partial charge in [-0.1, -0.05) is 39.7 Å². The van der Waals surface area contributed by atoms with Gasteiger partial charge < -0.3 is 15.0 Å². The second-order valence-corrected chi connectivity index (χ2v) is 7.03. The molecule has 0 aromatic heterocycles. The Morgan fingerprint density at radius 3 is 2.35 bits per heavy atom. The molecule has 2 aromatic rings. The van der Waals surface area contributed by atoms with Crippen LogP contribution in [-0.4, -0.2) is 36.4 Å². The molecule has 0 saturated heterocycles. The molecule has 2 amide bonds. The van der Waals surface area contributed by atoms with Gasteiger partial charge in [-0.2, -0.15) is 0 Å². The minimum absolute atomic E-state index is 0.167. The van der Waals surface area contributed by atoms with Crippen molar-refractivity contribution in [2.75, 3.05) is 13.7 Å². The number of nitrogens with zero attached hydrogens (tertiary/aromatic N) is 1. The summed E-state index contributed by atoms with van der Waals surface area (Å²) >= 11 is 9.23. The van der Waals surface area contributed by atoms with Crippen molar-refractivity contribution in [3.8, 4) is 5.75 Å². The maximum Gasteiger partial charge on any atom is 0.261 e. The number of hydrogen-bond donors (Lipinski definition) is 1. The van der Waals surface area contributed by atoms with E-state index in [0.29, 0.717) is 17.3 Å². The van der Waals surface area contributed by atoms with Gasteiger partial charge in [-0.05, 0) is 48.9 Å². The summed E-state index contributed by atoms with van der Waals surface area (Å²) < 4.78 is 6.48. The van der Waals surface area contributed by atoms with Gasteiger partial charge in [0.2, 0.25) is 5.91 Å². The van der Waals surface area contributed by atoms with E-state index in [1.807, 2.05) is 24.3 Å². The molecule has 0 radical (unpaired) electrons. The van der Waals surface area contributed by atoms with Crippen LogP contribution in [0.3, 0.4) is 0 Å². The molecule has 0 unspecified atom stereocenters. The zero-order valence-electron chi connectivity index (χ0n) is 14.5. The highest BCUT2D eigenvalue weighted by atomic mass is 79.9. The molecule has 0 bridgehead atoms. The molecule has 5 nitrogen and oxygen atoms in total. The SMILES string of the molecule is CNC(=O)[C@@H](C)N(Cc1ccc(Br)cc1)C(=O)COc1ccc(Cl)cc1. The molecule has 0 aliphatic heterocycles. The van der Waals surface area contributed by atoms with Crippen molar-refractivity contribution in [3.05, 3.63) is 63.6 Å². The van der Waals surface area contributed by atoms with E-state index >= 15 is 0 Å². The second-order valence-electron chi connectivity index (χ2n) is 5.68. The number of carbonyl (C=O) groups excluding carboxylic acids is 2. The molecule has 26 heavy (non-hydrogen) atoms. The fraction of sp³-hybridized carbons (Fsp3) is 0.263. The summed E-state index contributed by atoms with van der Waals surface area (Å²) in [7, 11) is 1.55. The smallest absolute Gasteiger partial charge is 0.261 e. The van der Waals surface area contributed by atoms with E-state index in [-0.39, 0.29) is 18.4 Å². The predicted octanol–water partition coefficient (Wildman–Crippen LogP) is 3.64. The number of hydrogen-bond acceptors (Lipinski definition) is 3. The molecule has 1 N–H and O–H groups in total. The van der Waals surface area contributed by atoms with Crippen LogP contribution < -0.4 is 10.1 Å². The molecular weight excluding hydrogens is 420 g/mol. The molecule has 0 spiro atoms. The van der Waals surface area contributed by atoms with Gasteiger partial charge in [0, 0.05) is 23.1 Å². The standard InChI is InChI=1S/C19H20BrClN2O3/c1-13(19(25)22-2)23(11-14-3-5-15(20)6-4-14)18(24)12-26-17-9-7-16(21)8-10-17/h3-10,13H,11-12H2,1-2H3,(H,22,25)/t13-/m1/s1. The molecule has 1 atom stereocenters. The molecule has 2 rings (SSSR count). The lowest BCUT2D eigenvalue weighted by Crippen LogP contribution is -2.48. The van der Waals surface area contributed by atoms with Crippen LogP contribution in [0.2, 0.25) is 5.02 Å². The Morgan fingerprint density at radius 2 is 1.77 bits per heavy atom. The lowest BCUT2D eigenvalue weighted by Gasteiger charge is -2.28. The van der Waals surface area contributed by atoms with Crippen molar-refractivity contribution >= 4 is 39.3 Å². The third-order valence-electron chi connectivity index (χ3n) is 3.86. The quantitative estimate of drug-likeness (QED) is 0.716. The number of amides is 2. The number of rotatable bonds is 7. The summed E-state index contributed by atoms with van der Waals surface area (Å²) in [6.45, 7) is 1.84. The van der Waals surface area contributed by atoms with Crippen LogP contribution >= 0.6 is 27.5 Å². The Hall–Kier alpha value is -2.05. The van der Waals surface area contributed by atoms with E-state index in [2.05, 4.69) is 21.2 Å². The zero-order chi connectivity index (χ0) is 19.1. The van der Waals surface area contributed by atoms with Gasteiger partial charge in [-0.3, -0.25) is 9.59 Å². The van der Waals surface area contributed by atoms with Crippen molar-refractivity contribution in [1.29, 1.82) is 0 Å². The van der Waals surface area contributed by atoms with Crippen molar-refractivity contribution in [2.45, 2.75) is 19.5 Å². The molecule has 138 valence electrons. The Bertz CT molecular complexity index is 750. The molecule has 0 saturated carbocycles. The number of likely N-dealkylation sites (N-methyl/N-ethyl adjacent to an activating group) is 1. The number of benzene rings is 2. The van der Waals surface area contributed by atoms with Crippen molar-refractivity contribution in [1.82, 2.24) is 10.2 Å². The monoisotopic (exact) mass is 438 g/mol.